The summed E-state index contributed by atoms with van der Waals surface area (Å²) < 4.78 is 47.5. The molecule has 14 heteroatoms. The molecule has 3 rings (SSSR count). The van der Waals surface area contributed by atoms with Crippen molar-refractivity contribution in [2.24, 2.45) is 5.14 Å². The molecule has 11 nitrogen and oxygen atoms in total. The van der Waals surface area contributed by atoms with Crippen LogP contribution >= 0.6 is 11.8 Å². The zero-order chi connectivity index (χ0) is 20.9. The van der Waals surface area contributed by atoms with E-state index in [1.165, 1.54) is 22.8 Å². The van der Waals surface area contributed by atoms with Gasteiger partial charge in [-0.15, -0.1) is 0 Å². The summed E-state index contributed by atoms with van der Waals surface area (Å²) in [5.41, 5.74) is 6.20. The molecule has 0 radical (unpaired) electrons. The Morgan fingerprint density at radius 3 is 2.71 bits per heavy atom. The highest BCUT2D eigenvalue weighted by Crippen LogP contribution is 2.40. The van der Waals surface area contributed by atoms with Gasteiger partial charge in [0.1, 0.15) is 29.4 Å². The zero-order valence-corrected chi connectivity index (χ0v) is 16.9. The van der Waals surface area contributed by atoms with Crippen LogP contribution in [0.15, 0.2) is 11.4 Å². The number of nitrogen functional groups attached to an aromatic ring is 1. The maximum atomic E-state index is 14.8. The predicted molar refractivity (Wildman–Crippen MR) is 99.2 cm³/mol. The molecule has 2 aromatic rings. The van der Waals surface area contributed by atoms with E-state index < -0.39 is 41.5 Å². The average molecular weight is 436 g/mol. The molecule has 156 valence electrons. The number of hydrogen-bond acceptors (Lipinski definition) is 10. The van der Waals surface area contributed by atoms with Gasteiger partial charge in [-0.05, 0) is 0 Å². The lowest BCUT2D eigenvalue weighted by Gasteiger charge is -2.16. The molecular formula is C14H21FN6O5S2. The van der Waals surface area contributed by atoms with E-state index in [1.807, 2.05) is 20.8 Å². The second-order valence-corrected chi connectivity index (χ2v) is 10.2. The number of anilines is 1. The van der Waals surface area contributed by atoms with Crippen LogP contribution in [0.1, 0.15) is 27.0 Å². The molecule has 3 heterocycles. The first-order valence-electron chi connectivity index (χ1n) is 8.20. The Kier molecular flexibility index (Phi) is 5.55. The molecule has 0 unspecified atom stereocenters. The number of aromatic nitrogens is 4. The monoisotopic (exact) mass is 436 g/mol. The van der Waals surface area contributed by atoms with Gasteiger partial charge >= 0.3 is 10.3 Å². The van der Waals surface area contributed by atoms with Crippen LogP contribution in [0.3, 0.4) is 0 Å². The normalized spacial score (nSPS) is 26.2. The molecule has 28 heavy (non-hydrogen) atoms. The summed E-state index contributed by atoms with van der Waals surface area (Å²) in [6.07, 6.45) is -4.99. The van der Waals surface area contributed by atoms with E-state index in [-0.39, 0.29) is 16.2 Å². The highest BCUT2D eigenvalue weighted by molar-refractivity contribution is 8.00. The van der Waals surface area contributed by atoms with Crippen molar-refractivity contribution in [3.63, 3.8) is 0 Å². The third-order valence-corrected chi connectivity index (χ3v) is 5.38. The van der Waals surface area contributed by atoms with Crippen LogP contribution in [-0.4, -0.2) is 63.0 Å². The molecule has 4 atom stereocenters. The van der Waals surface area contributed by atoms with E-state index in [9.17, 15) is 17.9 Å². The molecule has 0 aliphatic carbocycles. The van der Waals surface area contributed by atoms with E-state index in [2.05, 4.69) is 19.2 Å². The first kappa shape index (κ1) is 21.1. The smallest absolute Gasteiger partial charge is 0.333 e. The average Bonchev–Trinajstić information content (AvgIpc) is 3.03. The maximum Gasteiger partial charge on any atom is 0.333 e. The topological polar surface area (TPSA) is 168 Å². The second-order valence-electron chi connectivity index (χ2n) is 7.20. The van der Waals surface area contributed by atoms with Crippen molar-refractivity contribution in [1.29, 1.82) is 0 Å². The number of halogens is 1. The number of rotatable bonds is 5. The number of aliphatic hydroxyl groups is 1. The van der Waals surface area contributed by atoms with Crippen molar-refractivity contribution in [2.45, 2.75) is 55.2 Å². The van der Waals surface area contributed by atoms with Crippen molar-refractivity contribution in [3.8, 4) is 0 Å². The molecule has 0 amide bonds. The fourth-order valence-electron chi connectivity index (χ4n) is 2.70. The van der Waals surface area contributed by atoms with Gasteiger partial charge in [0, 0.05) is 4.75 Å². The van der Waals surface area contributed by atoms with Gasteiger partial charge in [0.15, 0.2) is 18.0 Å². The van der Waals surface area contributed by atoms with Gasteiger partial charge in [0.2, 0.25) is 0 Å². The Morgan fingerprint density at radius 1 is 1.43 bits per heavy atom. The molecule has 0 saturated carbocycles. The number of fused-ring (bicyclic) bond motifs is 1. The summed E-state index contributed by atoms with van der Waals surface area (Å²) in [5.74, 6) is 0.172. The number of thioether (sulfide) groups is 1. The van der Waals surface area contributed by atoms with E-state index in [4.69, 9.17) is 15.6 Å². The molecule has 1 fully saturated rings. The number of aliphatic hydroxyl groups excluding tert-OH is 1. The number of nitrogens with zero attached hydrogens (tertiary/aromatic N) is 4. The van der Waals surface area contributed by atoms with Crippen LogP contribution in [0.5, 0.6) is 0 Å². The van der Waals surface area contributed by atoms with E-state index in [1.54, 1.807) is 0 Å². The Hall–Kier alpha value is -1.58. The summed E-state index contributed by atoms with van der Waals surface area (Å²) in [6, 6.07) is 0. The molecule has 1 aliphatic rings. The van der Waals surface area contributed by atoms with Crippen LogP contribution < -0.4 is 10.9 Å². The predicted octanol–water partition coefficient (Wildman–Crippen LogP) is 0.116. The van der Waals surface area contributed by atoms with Crippen LogP contribution in [0.4, 0.5) is 10.2 Å². The largest absolute Gasteiger partial charge is 0.387 e. The number of nitrogens with two attached hydrogens (primary N) is 2. The highest BCUT2D eigenvalue weighted by Gasteiger charge is 2.47. The summed E-state index contributed by atoms with van der Waals surface area (Å²) in [4.78, 5) is 8.09. The Balaban J connectivity index is 1.98. The summed E-state index contributed by atoms with van der Waals surface area (Å²) in [7, 11) is -4.27. The molecule has 5 N–H and O–H groups in total. The Bertz CT molecular complexity index is 978. The van der Waals surface area contributed by atoms with Gasteiger partial charge in [-0.25, -0.2) is 24.2 Å². The number of hydrogen-bond donors (Lipinski definition) is 3. The fourth-order valence-corrected chi connectivity index (χ4v) is 4.03. The minimum Gasteiger partial charge on any atom is -0.387 e. The molecule has 0 spiro atoms. The number of ether oxygens (including phenoxy) is 1. The van der Waals surface area contributed by atoms with E-state index in [0.29, 0.717) is 10.4 Å². The first-order chi connectivity index (χ1) is 12.9. The van der Waals surface area contributed by atoms with Crippen molar-refractivity contribution in [3.05, 3.63) is 6.33 Å². The van der Waals surface area contributed by atoms with Crippen molar-refractivity contribution >= 4 is 38.9 Å². The van der Waals surface area contributed by atoms with E-state index in [0.717, 1.165) is 0 Å². The van der Waals surface area contributed by atoms with Crippen LogP contribution in [-0.2, 0) is 19.2 Å². The van der Waals surface area contributed by atoms with Crippen LogP contribution in [0, 0.1) is 0 Å². The van der Waals surface area contributed by atoms with E-state index >= 15 is 0 Å². The SMILES string of the molecule is CC(C)(C)Sc1nn([C@@H]2O[C@H](COS(N)(=O)=O)[C@@H](O)[C@@H]2F)c2ncnc(N)c12. The minimum atomic E-state index is -4.27. The molecule has 1 saturated heterocycles. The molecule has 0 aromatic carbocycles. The Labute approximate surface area is 164 Å². The molecule has 1 aliphatic heterocycles. The minimum absolute atomic E-state index is 0.172. The lowest BCUT2D eigenvalue weighted by atomic mass is 10.1. The second kappa shape index (κ2) is 7.35. The summed E-state index contributed by atoms with van der Waals surface area (Å²) in [6.45, 7) is 5.27. The molecule has 0 bridgehead atoms. The molecular weight excluding hydrogens is 415 g/mol. The summed E-state index contributed by atoms with van der Waals surface area (Å²) >= 11 is 1.39. The zero-order valence-electron chi connectivity index (χ0n) is 15.3. The number of alkyl halides is 1. The molecule has 2 aromatic heterocycles. The third-order valence-electron chi connectivity index (χ3n) is 3.82. The first-order valence-corrected chi connectivity index (χ1v) is 10.5. The maximum absolute atomic E-state index is 14.8. The van der Waals surface area contributed by atoms with Gasteiger partial charge in [-0.2, -0.15) is 13.5 Å². The van der Waals surface area contributed by atoms with Crippen molar-refractivity contribution < 1.29 is 26.8 Å². The summed E-state index contributed by atoms with van der Waals surface area (Å²) in [5, 5.41) is 20.2. The highest BCUT2D eigenvalue weighted by atomic mass is 32.2. The quantitative estimate of drug-likeness (QED) is 0.547. The Morgan fingerprint density at radius 2 is 2.11 bits per heavy atom. The van der Waals surface area contributed by atoms with Gasteiger partial charge in [-0.3, -0.25) is 4.18 Å². The van der Waals surface area contributed by atoms with Crippen molar-refractivity contribution in [1.82, 2.24) is 19.7 Å². The van der Waals surface area contributed by atoms with Crippen LogP contribution in [0.25, 0.3) is 11.0 Å². The van der Waals surface area contributed by atoms with Gasteiger partial charge in [0.25, 0.3) is 0 Å². The lowest BCUT2D eigenvalue weighted by Crippen LogP contribution is -2.33. The van der Waals surface area contributed by atoms with Gasteiger partial charge in [0.05, 0.1) is 12.0 Å². The standard InChI is InChI=1S/C14H21FN6O5S2/c1-14(2,3)27-12-7-10(16)18-5-19-11(7)21(20-12)13-8(15)9(22)6(26-13)4-25-28(17,23)24/h5-6,8-9,13,22H,4H2,1-3H3,(H2,16,18,19)(H2,17,23,24)/t6-,8+,9-,13-/m1/s1. The van der Waals surface area contributed by atoms with Crippen LogP contribution in [0.2, 0.25) is 0 Å². The third kappa shape index (κ3) is 4.36. The lowest BCUT2D eigenvalue weighted by molar-refractivity contribution is -0.0456. The van der Waals surface area contributed by atoms with Crippen molar-refractivity contribution in [2.75, 3.05) is 12.3 Å². The fraction of sp³-hybridized carbons (Fsp3) is 0.643. The van der Waals surface area contributed by atoms with Gasteiger partial charge < -0.3 is 15.6 Å². The van der Waals surface area contributed by atoms with Gasteiger partial charge in [-0.1, -0.05) is 32.5 Å².